The summed E-state index contributed by atoms with van der Waals surface area (Å²) in [7, 11) is 0. The van der Waals surface area contributed by atoms with E-state index in [9.17, 15) is 4.79 Å². The highest BCUT2D eigenvalue weighted by Gasteiger charge is 2.17. The molecule has 0 saturated carbocycles. The Balaban J connectivity index is 3.27. The lowest BCUT2D eigenvalue weighted by atomic mass is 9.93. The molecule has 0 atom stereocenters. The Morgan fingerprint density at radius 1 is 1.25 bits per heavy atom. The summed E-state index contributed by atoms with van der Waals surface area (Å²) in [6, 6.07) is 3.04. The van der Waals surface area contributed by atoms with E-state index < -0.39 is 0 Å². The van der Waals surface area contributed by atoms with Crippen LogP contribution in [0.4, 0.5) is 0 Å². The fraction of sp³-hybridized carbons (Fsp3) is 0.500. The van der Waals surface area contributed by atoms with Crippen molar-refractivity contribution in [1.82, 2.24) is 0 Å². The maximum atomic E-state index is 11.1. The molecule has 0 aliphatic carbocycles. The van der Waals surface area contributed by atoms with Gasteiger partial charge in [0.2, 0.25) is 0 Å². The van der Waals surface area contributed by atoms with Crippen molar-refractivity contribution in [2.75, 3.05) is 0 Å². The molecule has 1 aromatic rings. The van der Waals surface area contributed by atoms with E-state index in [0.717, 1.165) is 5.76 Å². The van der Waals surface area contributed by atoms with Crippen LogP contribution in [-0.2, 0) is 5.41 Å². The molecule has 0 radical (unpaired) electrons. The molecule has 0 spiro atoms. The standard InChI is InChI=1S/C10H14O2/c1-7-5-8(11)6-9(12-7)10(2,3)4/h5-6H,1-4H3. The van der Waals surface area contributed by atoms with Crippen molar-refractivity contribution >= 4 is 0 Å². The van der Waals surface area contributed by atoms with E-state index in [2.05, 4.69) is 0 Å². The first-order valence-corrected chi connectivity index (χ1v) is 4.02. The average Bonchev–Trinajstić information content (AvgIpc) is 1.82. The first kappa shape index (κ1) is 9.04. The summed E-state index contributed by atoms with van der Waals surface area (Å²) < 4.78 is 5.42. The van der Waals surface area contributed by atoms with Crippen LogP contribution in [0, 0.1) is 6.92 Å². The topological polar surface area (TPSA) is 30.2 Å². The van der Waals surface area contributed by atoms with Crippen LogP contribution >= 0.6 is 0 Å². The summed E-state index contributed by atoms with van der Waals surface area (Å²) in [5, 5.41) is 0. The summed E-state index contributed by atoms with van der Waals surface area (Å²) in [4.78, 5) is 11.1. The molecule has 66 valence electrons. The molecule has 1 heterocycles. The Morgan fingerprint density at radius 2 is 1.83 bits per heavy atom. The van der Waals surface area contributed by atoms with Crippen LogP contribution < -0.4 is 5.43 Å². The van der Waals surface area contributed by atoms with Gasteiger partial charge in [0.25, 0.3) is 0 Å². The molecule has 12 heavy (non-hydrogen) atoms. The van der Waals surface area contributed by atoms with Crippen LogP contribution in [0.15, 0.2) is 21.3 Å². The largest absolute Gasteiger partial charge is 0.466 e. The molecule has 0 saturated heterocycles. The van der Waals surface area contributed by atoms with Crippen LogP contribution in [-0.4, -0.2) is 0 Å². The van der Waals surface area contributed by atoms with Crippen LogP contribution in [0.25, 0.3) is 0 Å². The zero-order valence-electron chi connectivity index (χ0n) is 7.97. The van der Waals surface area contributed by atoms with E-state index in [0.29, 0.717) is 5.76 Å². The van der Waals surface area contributed by atoms with Crippen molar-refractivity contribution in [2.24, 2.45) is 0 Å². The fourth-order valence-corrected chi connectivity index (χ4v) is 0.973. The third-order valence-corrected chi connectivity index (χ3v) is 1.63. The van der Waals surface area contributed by atoms with Gasteiger partial charge in [-0.05, 0) is 6.92 Å². The third-order valence-electron chi connectivity index (χ3n) is 1.63. The van der Waals surface area contributed by atoms with E-state index in [1.165, 1.54) is 6.07 Å². The Morgan fingerprint density at radius 3 is 2.25 bits per heavy atom. The molecule has 2 nitrogen and oxygen atoms in total. The fourth-order valence-electron chi connectivity index (χ4n) is 0.973. The van der Waals surface area contributed by atoms with Crippen molar-refractivity contribution in [2.45, 2.75) is 33.1 Å². The van der Waals surface area contributed by atoms with Gasteiger partial charge in [-0.3, -0.25) is 4.79 Å². The lowest BCUT2D eigenvalue weighted by Gasteiger charge is -2.16. The summed E-state index contributed by atoms with van der Waals surface area (Å²) in [6.07, 6.45) is 0. The number of aryl methyl sites for hydroxylation is 1. The summed E-state index contributed by atoms with van der Waals surface area (Å²) in [6.45, 7) is 7.84. The van der Waals surface area contributed by atoms with Gasteiger partial charge >= 0.3 is 0 Å². The molecular formula is C10H14O2. The second-order valence-electron chi connectivity index (χ2n) is 4.02. The Hall–Kier alpha value is -1.05. The van der Waals surface area contributed by atoms with E-state index >= 15 is 0 Å². The van der Waals surface area contributed by atoms with Crippen molar-refractivity contribution in [3.8, 4) is 0 Å². The Bertz CT molecular complexity index is 328. The molecule has 1 rings (SSSR count). The average molecular weight is 166 g/mol. The Labute approximate surface area is 72.2 Å². The minimum absolute atomic E-state index is 0.0173. The molecule has 0 aliphatic rings. The van der Waals surface area contributed by atoms with Gasteiger partial charge < -0.3 is 4.42 Å². The highest BCUT2D eigenvalue weighted by Crippen LogP contribution is 2.20. The lowest BCUT2D eigenvalue weighted by molar-refractivity contribution is 0.380. The number of hydrogen-bond acceptors (Lipinski definition) is 2. The monoisotopic (exact) mass is 166 g/mol. The molecule has 0 bridgehead atoms. The van der Waals surface area contributed by atoms with Gasteiger partial charge in [-0.25, -0.2) is 0 Å². The number of rotatable bonds is 0. The summed E-state index contributed by atoms with van der Waals surface area (Å²) in [5.41, 5.74) is -0.0748. The molecule has 0 N–H and O–H groups in total. The molecule has 0 unspecified atom stereocenters. The van der Waals surface area contributed by atoms with Gasteiger partial charge in [0.1, 0.15) is 11.5 Å². The second-order valence-corrected chi connectivity index (χ2v) is 4.02. The van der Waals surface area contributed by atoms with Crippen molar-refractivity contribution in [3.63, 3.8) is 0 Å². The lowest BCUT2D eigenvalue weighted by Crippen LogP contribution is -2.14. The molecule has 2 heteroatoms. The van der Waals surface area contributed by atoms with Crippen LogP contribution in [0.3, 0.4) is 0 Å². The van der Waals surface area contributed by atoms with Gasteiger partial charge in [0.15, 0.2) is 5.43 Å². The quantitative estimate of drug-likeness (QED) is 0.591. The first-order valence-electron chi connectivity index (χ1n) is 4.02. The summed E-state index contributed by atoms with van der Waals surface area (Å²) >= 11 is 0. The van der Waals surface area contributed by atoms with Crippen molar-refractivity contribution < 1.29 is 4.42 Å². The molecule has 0 fully saturated rings. The van der Waals surface area contributed by atoms with E-state index in [-0.39, 0.29) is 10.8 Å². The highest BCUT2D eigenvalue weighted by atomic mass is 16.3. The smallest absolute Gasteiger partial charge is 0.185 e. The molecule has 1 aromatic heterocycles. The summed E-state index contributed by atoms with van der Waals surface area (Å²) in [5.74, 6) is 1.42. The van der Waals surface area contributed by atoms with Crippen LogP contribution in [0.2, 0.25) is 0 Å². The minimum Gasteiger partial charge on any atom is -0.466 e. The maximum absolute atomic E-state index is 11.1. The first-order chi connectivity index (χ1) is 5.39. The molecule has 0 aromatic carbocycles. The van der Waals surface area contributed by atoms with Crippen LogP contribution in [0.5, 0.6) is 0 Å². The van der Waals surface area contributed by atoms with Crippen LogP contribution in [0.1, 0.15) is 32.3 Å². The molecule has 0 aliphatic heterocycles. The highest BCUT2D eigenvalue weighted by molar-refractivity contribution is 5.12. The van der Waals surface area contributed by atoms with E-state index in [1.807, 2.05) is 20.8 Å². The van der Waals surface area contributed by atoms with Gasteiger partial charge in [0.05, 0.1) is 0 Å². The third kappa shape index (κ3) is 1.97. The predicted octanol–water partition coefficient (Wildman–Crippen LogP) is 2.25. The molecular weight excluding hydrogens is 152 g/mol. The van der Waals surface area contributed by atoms with E-state index in [4.69, 9.17) is 4.42 Å². The zero-order valence-corrected chi connectivity index (χ0v) is 7.97. The minimum atomic E-state index is -0.0921. The van der Waals surface area contributed by atoms with Crippen molar-refractivity contribution in [3.05, 3.63) is 33.9 Å². The number of hydrogen-bond donors (Lipinski definition) is 0. The Kier molecular flexibility index (Phi) is 2.09. The zero-order chi connectivity index (χ0) is 9.35. The predicted molar refractivity (Wildman–Crippen MR) is 48.4 cm³/mol. The van der Waals surface area contributed by atoms with Gasteiger partial charge in [-0.1, -0.05) is 20.8 Å². The van der Waals surface area contributed by atoms with Gasteiger partial charge in [-0.15, -0.1) is 0 Å². The van der Waals surface area contributed by atoms with Crippen molar-refractivity contribution in [1.29, 1.82) is 0 Å². The van der Waals surface area contributed by atoms with Gasteiger partial charge in [-0.2, -0.15) is 0 Å². The SMILES string of the molecule is Cc1cc(=O)cc(C(C)(C)C)o1. The molecule has 0 amide bonds. The normalized spacial score (nSPS) is 11.7. The maximum Gasteiger partial charge on any atom is 0.185 e. The van der Waals surface area contributed by atoms with Gasteiger partial charge in [0, 0.05) is 17.5 Å². The van der Waals surface area contributed by atoms with E-state index in [1.54, 1.807) is 13.0 Å². The second kappa shape index (κ2) is 2.77.